The molecule has 0 unspecified atom stereocenters. The van der Waals surface area contributed by atoms with E-state index in [-0.39, 0.29) is 12.3 Å². The lowest BCUT2D eigenvalue weighted by atomic mass is 10.1. The van der Waals surface area contributed by atoms with Crippen molar-refractivity contribution in [3.63, 3.8) is 0 Å². The quantitative estimate of drug-likeness (QED) is 0.488. The molecule has 1 amide bonds. The third kappa shape index (κ3) is 5.07. The third-order valence-electron chi connectivity index (χ3n) is 4.32. The van der Waals surface area contributed by atoms with Crippen LogP contribution >= 0.6 is 22.9 Å². The first-order valence-electron chi connectivity index (χ1n) is 9.03. The average molecular weight is 424 g/mol. The van der Waals surface area contributed by atoms with Crippen molar-refractivity contribution in [2.45, 2.75) is 19.5 Å². The van der Waals surface area contributed by atoms with Gasteiger partial charge in [0.15, 0.2) is 0 Å². The molecule has 0 saturated carbocycles. The van der Waals surface area contributed by atoms with Gasteiger partial charge in [0, 0.05) is 17.5 Å². The molecule has 0 aliphatic heterocycles. The summed E-state index contributed by atoms with van der Waals surface area (Å²) in [6, 6.07) is 15.6. The molecule has 0 fully saturated rings. The monoisotopic (exact) mass is 423 g/mol. The van der Waals surface area contributed by atoms with E-state index >= 15 is 0 Å². The van der Waals surface area contributed by atoms with Crippen LogP contribution in [0.4, 0.5) is 0 Å². The van der Waals surface area contributed by atoms with Gasteiger partial charge >= 0.3 is 0 Å². The van der Waals surface area contributed by atoms with Gasteiger partial charge in [0.2, 0.25) is 5.91 Å². The average Bonchev–Trinajstić information content (AvgIpc) is 3.40. The van der Waals surface area contributed by atoms with Gasteiger partial charge in [-0.15, -0.1) is 11.3 Å². The maximum absolute atomic E-state index is 12.3. The van der Waals surface area contributed by atoms with E-state index in [9.17, 15) is 4.79 Å². The first-order chi connectivity index (χ1) is 14.2. The second-order valence-electron chi connectivity index (χ2n) is 6.49. The van der Waals surface area contributed by atoms with Gasteiger partial charge < -0.3 is 5.32 Å². The Balaban J connectivity index is 1.30. The van der Waals surface area contributed by atoms with Gasteiger partial charge in [-0.2, -0.15) is 5.10 Å². The van der Waals surface area contributed by atoms with Gasteiger partial charge in [-0.3, -0.25) is 4.79 Å². The maximum Gasteiger partial charge on any atom is 0.226 e. The zero-order valence-corrected chi connectivity index (χ0v) is 17.0. The molecule has 0 atom stereocenters. The number of benzene rings is 2. The lowest BCUT2D eigenvalue weighted by molar-refractivity contribution is -0.120. The molecule has 0 radical (unpaired) electrons. The predicted octanol–water partition coefficient (Wildman–Crippen LogP) is 3.96. The molecule has 4 rings (SSSR count). The first kappa shape index (κ1) is 19.3. The second kappa shape index (κ2) is 8.98. The highest BCUT2D eigenvalue weighted by Crippen LogP contribution is 2.30. The topological polar surface area (TPSA) is 72.7 Å². The Bertz CT molecular complexity index is 1090. The summed E-state index contributed by atoms with van der Waals surface area (Å²) in [6.45, 7) is 1.15. The Morgan fingerprint density at radius 1 is 1.10 bits per heavy atom. The SMILES string of the molecule is O=C(Cc1csc(-c2ccccc2Cl)n1)NCc1ccc(Cn2cncn2)cc1. The fourth-order valence-corrected chi connectivity index (χ4v) is 3.98. The van der Waals surface area contributed by atoms with E-state index in [1.54, 1.807) is 11.0 Å². The molecule has 0 aliphatic rings. The minimum Gasteiger partial charge on any atom is -0.352 e. The van der Waals surface area contributed by atoms with Crippen LogP contribution in [0.1, 0.15) is 16.8 Å². The molecule has 2 heterocycles. The van der Waals surface area contributed by atoms with E-state index in [0.717, 1.165) is 27.4 Å². The van der Waals surface area contributed by atoms with E-state index in [0.29, 0.717) is 18.1 Å². The number of thiazole rings is 1. The Hall–Kier alpha value is -3.03. The summed E-state index contributed by atoms with van der Waals surface area (Å²) in [7, 11) is 0. The summed E-state index contributed by atoms with van der Waals surface area (Å²) in [5, 5.41) is 10.4. The highest BCUT2D eigenvalue weighted by molar-refractivity contribution is 7.13. The van der Waals surface area contributed by atoms with Gasteiger partial charge in [-0.1, -0.05) is 54.1 Å². The van der Waals surface area contributed by atoms with Crippen molar-refractivity contribution < 1.29 is 4.79 Å². The van der Waals surface area contributed by atoms with Gasteiger partial charge in [-0.25, -0.2) is 14.6 Å². The molecule has 0 spiro atoms. The molecule has 29 heavy (non-hydrogen) atoms. The fourth-order valence-electron chi connectivity index (χ4n) is 2.84. The molecule has 146 valence electrons. The Morgan fingerprint density at radius 3 is 2.66 bits per heavy atom. The van der Waals surface area contributed by atoms with Gasteiger partial charge in [-0.05, 0) is 17.2 Å². The van der Waals surface area contributed by atoms with Crippen molar-refractivity contribution >= 4 is 28.8 Å². The molecular weight excluding hydrogens is 406 g/mol. The third-order valence-corrected chi connectivity index (χ3v) is 5.58. The summed E-state index contributed by atoms with van der Waals surface area (Å²) < 4.78 is 1.77. The predicted molar refractivity (Wildman–Crippen MR) is 114 cm³/mol. The smallest absolute Gasteiger partial charge is 0.226 e. The molecule has 6 nitrogen and oxygen atoms in total. The van der Waals surface area contributed by atoms with E-state index in [1.807, 2.05) is 53.9 Å². The number of hydrogen-bond acceptors (Lipinski definition) is 5. The normalized spacial score (nSPS) is 10.8. The molecule has 8 heteroatoms. The molecule has 1 N–H and O–H groups in total. The number of carbonyl (C=O) groups is 1. The van der Waals surface area contributed by atoms with Crippen LogP contribution in [0, 0.1) is 0 Å². The Morgan fingerprint density at radius 2 is 1.90 bits per heavy atom. The van der Waals surface area contributed by atoms with E-state index in [2.05, 4.69) is 20.4 Å². The first-order valence-corrected chi connectivity index (χ1v) is 10.3. The number of carbonyl (C=O) groups excluding carboxylic acids is 1. The number of nitrogens with zero attached hydrogens (tertiary/aromatic N) is 4. The van der Waals surface area contributed by atoms with Crippen LogP contribution in [0.15, 0.2) is 66.6 Å². The molecule has 4 aromatic rings. The van der Waals surface area contributed by atoms with Gasteiger partial charge in [0.1, 0.15) is 17.7 Å². The highest BCUT2D eigenvalue weighted by atomic mass is 35.5. The van der Waals surface area contributed by atoms with Gasteiger partial charge in [0.25, 0.3) is 0 Å². The van der Waals surface area contributed by atoms with Crippen LogP contribution in [0.5, 0.6) is 0 Å². The zero-order chi connectivity index (χ0) is 20.1. The number of amides is 1. The van der Waals surface area contributed by atoms with E-state index in [1.165, 1.54) is 17.7 Å². The molecular formula is C21H18ClN5OS. The summed E-state index contributed by atoms with van der Waals surface area (Å²) in [5.74, 6) is -0.0623. The van der Waals surface area contributed by atoms with E-state index in [4.69, 9.17) is 11.6 Å². The second-order valence-corrected chi connectivity index (χ2v) is 7.75. The van der Waals surface area contributed by atoms with Crippen molar-refractivity contribution in [2.24, 2.45) is 0 Å². The summed E-state index contributed by atoms with van der Waals surface area (Å²) in [4.78, 5) is 20.8. The van der Waals surface area contributed by atoms with Crippen molar-refractivity contribution in [1.29, 1.82) is 0 Å². The van der Waals surface area contributed by atoms with Crippen molar-refractivity contribution in [2.75, 3.05) is 0 Å². The van der Waals surface area contributed by atoms with Gasteiger partial charge in [0.05, 0.1) is 23.7 Å². The van der Waals surface area contributed by atoms with E-state index < -0.39 is 0 Å². The number of nitrogens with one attached hydrogen (secondary N) is 1. The van der Waals surface area contributed by atoms with Crippen LogP contribution < -0.4 is 5.32 Å². The summed E-state index contributed by atoms with van der Waals surface area (Å²) in [5.41, 5.74) is 3.79. The Kier molecular flexibility index (Phi) is 5.97. The maximum atomic E-state index is 12.3. The molecule has 2 aromatic carbocycles. The lowest BCUT2D eigenvalue weighted by Gasteiger charge is -2.06. The van der Waals surface area contributed by atoms with Crippen molar-refractivity contribution in [3.8, 4) is 10.6 Å². The molecule has 2 aromatic heterocycles. The van der Waals surface area contributed by atoms with Crippen LogP contribution in [-0.4, -0.2) is 25.7 Å². The van der Waals surface area contributed by atoms with Crippen LogP contribution in [-0.2, 0) is 24.3 Å². The highest BCUT2D eigenvalue weighted by Gasteiger charge is 2.11. The van der Waals surface area contributed by atoms with Crippen LogP contribution in [0.3, 0.4) is 0 Å². The number of hydrogen-bond donors (Lipinski definition) is 1. The molecule has 0 saturated heterocycles. The van der Waals surface area contributed by atoms with Crippen LogP contribution in [0.2, 0.25) is 5.02 Å². The Labute approximate surface area is 177 Å². The molecule has 0 aliphatic carbocycles. The largest absolute Gasteiger partial charge is 0.352 e. The minimum atomic E-state index is -0.0623. The van der Waals surface area contributed by atoms with Crippen molar-refractivity contribution in [3.05, 3.63) is 88.4 Å². The standard InChI is InChI=1S/C21H18ClN5OS/c22-19-4-2-1-3-18(19)21-26-17(12-29-21)9-20(28)24-10-15-5-7-16(8-6-15)11-27-14-23-13-25-27/h1-8,12-14H,9-11H2,(H,24,28). The number of rotatable bonds is 7. The number of halogens is 1. The lowest BCUT2D eigenvalue weighted by Crippen LogP contribution is -2.24. The molecule has 0 bridgehead atoms. The summed E-state index contributed by atoms with van der Waals surface area (Å²) in [6.07, 6.45) is 3.44. The fraction of sp³-hybridized carbons (Fsp3) is 0.143. The minimum absolute atomic E-state index is 0.0623. The number of aromatic nitrogens is 4. The zero-order valence-electron chi connectivity index (χ0n) is 15.5. The summed E-state index contributed by atoms with van der Waals surface area (Å²) >= 11 is 7.71. The van der Waals surface area contributed by atoms with Crippen LogP contribution in [0.25, 0.3) is 10.6 Å². The van der Waals surface area contributed by atoms with Crippen molar-refractivity contribution in [1.82, 2.24) is 25.1 Å².